The number of nitrogens with zero attached hydrogens (tertiary/aromatic N) is 1. The smallest absolute Gasteiger partial charge is 0.260 e. The summed E-state index contributed by atoms with van der Waals surface area (Å²) in [6, 6.07) is 18.8. The van der Waals surface area contributed by atoms with Gasteiger partial charge in [0, 0.05) is 37.4 Å². The standard InChI is InChI=1S/C23H26N2O4/c26-21(16-29-19-9-5-2-6-10-19)25-15-20(23(17-25)11-13-28-14-12-23)22(27)24-18-7-3-1-4-8-18/h1-10,20H,11-17H2,(H,24,27). The van der Waals surface area contributed by atoms with Gasteiger partial charge in [0.2, 0.25) is 5.91 Å². The molecule has 2 saturated heterocycles. The molecule has 1 unspecified atom stereocenters. The molecule has 1 N–H and O–H groups in total. The van der Waals surface area contributed by atoms with Crippen LogP contribution in [0.2, 0.25) is 0 Å². The Morgan fingerprint density at radius 3 is 2.38 bits per heavy atom. The largest absolute Gasteiger partial charge is 0.484 e. The van der Waals surface area contributed by atoms with Crippen molar-refractivity contribution in [3.63, 3.8) is 0 Å². The van der Waals surface area contributed by atoms with E-state index in [1.54, 1.807) is 4.90 Å². The molecular weight excluding hydrogens is 368 g/mol. The Kier molecular flexibility index (Phi) is 5.81. The number of carbonyl (C=O) groups is 2. The molecule has 2 amide bonds. The van der Waals surface area contributed by atoms with Crippen molar-refractivity contribution in [3.05, 3.63) is 60.7 Å². The van der Waals surface area contributed by atoms with E-state index in [1.165, 1.54) is 0 Å². The Morgan fingerprint density at radius 2 is 1.69 bits per heavy atom. The highest BCUT2D eigenvalue weighted by molar-refractivity contribution is 5.94. The molecule has 6 nitrogen and oxygen atoms in total. The topological polar surface area (TPSA) is 67.9 Å². The lowest BCUT2D eigenvalue weighted by atomic mass is 9.71. The summed E-state index contributed by atoms with van der Waals surface area (Å²) in [5, 5.41) is 3.02. The van der Waals surface area contributed by atoms with Crippen LogP contribution in [0.3, 0.4) is 0 Å². The number of rotatable bonds is 5. The van der Waals surface area contributed by atoms with Crippen molar-refractivity contribution in [1.29, 1.82) is 0 Å². The third-order valence-electron chi connectivity index (χ3n) is 5.95. The Balaban J connectivity index is 1.45. The quantitative estimate of drug-likeness (QED) is 0.847. The first-order valence-corrected chi connectivity index (χ1v) is 10.1. The predicted molar refractivity (Wildman–Crippen MR) is 110 cm³/mol. The minimum absolute atomic E-state index is 0.0242. The first kappa shape index (κ1) is 19.5. The first-order chi connectivity index (χ1) is 14.2. The molecule has 152 valence electrons. The second kappa shape index (κ2) is 8.66. The summed E-state index contributed by atoms with van der Waals surface area (Å²) in [5.41, 5.74) is 0.538. The number of amides is 2. The number of carbonyl (C=O) groups excluding carboxylic acids is 2. The van der Waals surface area contributed by atoms with Gasteiger partial charge in [0.25, 0.3) is 5.91 Å². The second-order valence-electron chi connectivity index (χ2n) is 7.76. The van der Waals surface area contributed by atoms with Crippen LogP contribution in [0.25, 0.3) is 0 Å². The van der Waals surface area contributed by atoms with E-state index < -0.39 is 0 Å². The molecule has 29 heavy (non-hydrogen) atoms. The number of para-hydroxylation sites is 2. The van der Waals surface area contributed by atoms with Crippen LogP contribution < -0.4 is 10.1 Å². The Hall–Kier alpha value is -2.86. The number of nitrogens with one attached hydrogen (secondary N) is 1. The van der Waals surface area contributed by atoms with Crippen LogP contribution in [0.5, 0.6) is 5.75 Å². The van der Waals surface area contributed by atoms with Gasteiger partial charge >= 0.3 is 0 Å². The maximum atomic E-state index is 13.1. The lowest BCUT2D eigenvalue weighted by Crippen LogP contribution is -2.42. The summed E-state index contributed by atoms with van der Waals surface area (Å²) in [6.07, 6.45) is 1.56. The van der Waals surface area contributed by atoms with Gasteiger partial charge in [0.1, 0.15) is 5.75 Å². The van der Waals surface area contributed by atoms with Crippen molar-refractivity contribution in [3.8, 4) is 5.75 Å². The number of hydrogen-bond acceptors (Lipinski definition) is 4. The molecule has 4 rings (SSSR count). The van der Waals surface area contributed by atoms with Crippen LogP contribution in [0.4, 0.5) is 5.69 Å². The molecule has 2 fully saturated rings. The fourth-order valence-electron chi connectivity index (χ4n) is 4.31. The first-order valence-electron chi connectivity index (χ1n) is 10.1. The summed E-state index contributed by atoms with van der Waals surface area (Å²) in [6.45, 7) is 2.20. The normalized spacial score (nSPS) is 20.4. The molecule has 2 heterocycles. The van der Waals surface area contributed by atoms with Crippen molar-refractivity contribution >= 4 is 17.5 Å². The molecule has 2 aromatic rings. The van der Waals surface area contributed by atoms with Gasteiger partial charge < -0.3 is 19.7 Å². The Bertz CT molecular complexity index is 834. The fourth-order valence-corrected chi connectivity index (χ4v) is 4.31. The van der Waals surface area contributed by atoms with E-state index in [9.17, 15) is 9.59 Å². The molecule has 1 atom stereocenters. The number of likely N-dealkylation sites (tertiary alicyclic amines) is 1. The lowest BCUT2D eigenvalue weighted by Gasteiger charge is -2.37. The molecule has 2 aliphatic heterocycles. The van der Waals surface area contributed by atoms with E-state index in [4.69, 9.17) is 9.47 Å². The highest BCUT2D eigenvalue weighted by atomic mass is 16.5. The maximum absolute atomic E-state index is 13.1. The molecule has 0 radical (unpaired) electrons. The van der Waals surface area contributed by atoms with Gasteiger partial charge in [0.05, 0.1) is 5.92 Å². The molecule has 6 heteroatoms. The van der Waals surface area contributed by atoms with Crippen LogP contribution in [0, 0.1) is 11.3 Å². The van der Waals surface area contributed by atoms with Crippen LogP contribution in [-0.2, 0) is 14.3 Å². The van der Waals surface area contributed by atoms with Crippen molar-refractivity contribution in [2.45, 2.75) is 12.8 Å². The van der Waals surface area contributed by atoms with Gasteiger partial charge in [-0.3, -0.25) is 9.59 Å². The molecule has 2 aromatic carbocycles. The van der Waals surface area contributed by atoms with E-state index in [0.717, 1.165) is 18.5 Å². The number of benzene rings is 2. The number of ether oxygens (including phenoxy) is 2. The van der Waals surface area contributed by atoms with Crippen LogP contribution in [-0.4, -0.2) is 49.6 Å². The van der Waals surface area contributed by atoms with E-state index in [-0.39, 0.29) is 29.8 Å². The lowest BCUT2D eigenvalue weighted by molar-refractivity contribution is -0.133. The van der Waals surface area contributed by atoms with Gasteiger partial charge in [-0.05, 0) is 37.1 Å². The summed E-state index contributed by atoms with van der Waals surface area (Å²) in [5.74, 6) is 0.290. The molecule has 0 saturated carbocycles. The Morgan fingerprint density at radius 1 is 1.03 bits per heavy atom. The zero-order valence-corrected chi connectivity index (χ0v) is 16.4. The van der Waals surface area contributed by atoms with Crippen LogP contribution in [0.1, 0.15) is 12.8 Å². The highest BCUT2D eigenvalue weighted by Crippen LogP contribution is 2.44. The highest BCUT2D eigenvalue weighted by Gasteiger charge is 2.51. The van der Waals surface area contributed by atoms with Crippen LogP contribution in [0.15, 0.2) is 60.7 Å². The van der Waals surface area contributed by atoms with Gasteiger partial charge in [-0.25, -0.2) is 0 Å². The molecule has 0 aliphatic carbocycles. The minimum atomic E-state index is -0.257. The van der Waals surface area contributed by atoms with Crippen molar-refractivity contribution in [1.82, 2.24) is 4.90 Å². The SMILES string of the molecule is O=C(Nc1ccccc1)C1CN(C(=O)COc2ccccc2)CC12CCOCC2. The second-order valence-corrected chi connectivity index (χ2v) is 7.76. The fraction of sp³-hybridized carbons (Fsp3) is 0.391. The average molecular weight is 394 g/mol. The number of anilines is 1. The van der Waals surface area contributed by atoms with Gasteiger partial charge in [-0.2, -0.15) is 0 Å². The number of hydrogen-bond donors (Lipinski definition) is 1. The molecule has 1 spiro atoms. The van der Waals surface area contributed by atoms with E-state index in [0.29, 0.717) is 32.1 Å². The zero-order valence-electron chi connectivity index (χ0n) is 16.4. The summed E-state index contributed by atoms with van der Waals surface area (Å²) in [4.78, 5) is 27.7. The Labute approximate surface area is 170 Å². The van der Waals surface area contributed by atoms with E-state index in [1.807, 2.05) is 60.7 Å². The maximum Gasteiger partial charge on any atom is 0.260 e. The van der Waals surface area contributed by atoms with E-state index in [2.05, 4.69) is 5.32 Å². The van der Waals surface area contributed by atoms with Crippen molar-refractivity contribution in [2.24, 2.45) is 11.3 Å². The molecule has 2 aliphatic rings. The summed E-state index contributed by atoms with van der Waals surface area (Å²) >= 11 is 0. The van der Waals surface area contributed by atoms with Gasteiger partial charge in [0.15, 0.2) is 6.61 Å². The van der Waals surface area contributed by atoms with E-state index >= 15 is 0 Å². The third kappa shape index (κ3) is 4.43. The monoisotopic (exact) mass is 394 g/mol. The third-order valence-corrected chi connectivity index (χ3v) is 5.95. The molecule has 0 aromatic heterocycles. The summed E-state index contributed by atoms with van der Waals surface area (Å²) < 4.78 is 11.2. The van der Waals surface area contributed by atoms with Crippen LogP contribution >= 0.6 is 0 Å². The summed E-state index contributed by atoms with van der Waals surface area (Å²) in [7, 11) is 0. The average Bonchev–Trinajstić information content (AvgIpc) is 3.13. The zero-order chi connectivity index (χ0) is 20.1. The van der Waals surface area contributed by atoms with Crippen molar-refractivity contribution < 1.29 is 19.1 Å². The predicted octanol–water partition coefficient (Wildman–Crippen LogP) is 2.96. The molecule has 0 bridgehead atoms. The van der Waals surface area contributed by atoms with Crippen molar-refractivity contribution in [2.75, 3.05) is 38.2 Å². The van der Waals surface area contributed by atoms with Gasteiger partial charge in [-0.15, -0.1) is 0 Å². The minimum Gasteiger partial charge on any atom is -0.484 e. The molecular formula is C23H26N2O4. The van der Waals surface area contributed by atoms with Gasteiger partial charge in [-0.1, -0.05) is 36.4 Å².